The van der Waals surface area contributed by atoms with Crippen LogP contribution in [0.4, 0.5) is 0 Å². The topological polar surface area (TPSA) is 4.93 Å². The van der Waals surface area contributed by atoms with Gasteiger partial charge in [-0.2, -0.15) is 0 Å². The van der Waals surface area contributed by atoms with Crippen molar-refractivity contribution in [2.45, 2.75) is 13.8 Å². The van der Waals surface area contributed by atoms with Crippen LogP contribution in [0.5, 0.6) is 0 Å². The summed E-state index contributed by atoms with van der Waals surface area (Å²) in [5.74, 6) is 0. The van der Waals surface area contributed by atoms with Crippen LogP contribution in [0, 0.1) is 17.8 Å². The van der Waals surface area contributed by atoms with Crippen molar-refractivity contribution in [3.8, 4) is 5.69 Å². The highest BCUT2D eigenvalue weighted by Crippen LogP contribution is 2.30. The standard InChI is InChI=1S/C15H13NS2/c1-10-6-3-4-8-12(10)16-14-11(2)7-5-9-13(14)18-15(16)17/h3-9H,1-2H3. The Morgan fingerprint density at radius 3 is 2.44 bits per heavy atom. The highest BCUT2D eigenvalue weighted by atomic mass is 32.1. The van der Waals surface area contributed by atoms with Crippen LogP contribution >= 0.6 is 23.6 Å². The van der Waals surface area contributed by atoms with Crippen LogP contribution < -0.4 is 0 Å². The predicted octanol–water partition coefficient (Wildman–Crippen LogP) is 5.04. The van der Waals surface area contributed by atoms with Gasteiger partial charge in [-0.15, -0.1) is 11.3 Å². The molecule has 1 nitrogen and oxygen atoms in total. The summed E-state index contributed by atoms with van der Waals surface area (Å²) in [5, 5.41) is 0. The Morgan fingerprint density at radius 2 is 1.67 bits per heavy atom. The van der Waals surface area contributed by atoms with Gasteiger partial charge >= 0.3 is 0 Å². The van der Waals surface area contributed by atoms with Gasteiger partial charge in [-0.05, 0) is 49.3 Å². The number of aromatic nitrogens is 1. The quantitative estimate of drug-likeness (QED) is 0.561. The molecule has 0 aliphatic heterocycles. The Balaban J connectivity index is 2.47. The van der Waals surface area contributed by atoms with Crippen LogP contribution in [0.2, 0.25) is 0 Å². The van der Waals surface area contributed by atoms with E-state index in [1.165, 1.54) is 27.0 Å². The summed E-state index contributed by atoms with van der Waals surface area (Å²) in [6.45, 7) is 4.26. The maximum absolute atomic E-state index is 5.54. The molecule has 3 heteroatoms. The lowest BCUT2D eigenvalue weighted by Gasteiger charge is -2.09. The van der Waals surface area contributed by atoms with E-state index in [4.69, 9.17) is 12.2 Å². The molecule has 1 heterocycles. The number of benzene rings is 2. The average Bonchev–Trinajstić information content (AvgIpc) is 2.68. The lowest BCUT2D eigenvalue weighted by Crippen LogP contribution is -1.97. The minimum atomic E-state index is 0.911. The summed E-state index contributed by atoms with van der Waals surface area (Å²) >= 11 is 7.21. The van der Waals surface area contributed by atoms with E-state index in [0.29, 0.717) is 0 Å². The predicted molar refractivity (Wildman–Crippen MR) is 81.5 cm³/mol. The Bertz CT molecular complexity index is 781. The molecule has 2 aromatic carbocycles. The number of hydrogen-bond donors (Lipinski definition) is 0. The van der Waals surface area contributed by atoms with Gasteiger partial charge in [0.05, 0.1) is 15.9 Å². The lowest BCUT2D eigenvalue weighted by atomic mass is 10.1. The van der Waals surface area contributed by atoms with E-state index in [0.717, 1.165) is 3.95 Å². The first-order valence-corrected chi connectivity index (χ1v) is 7.08. The molecule has 3 aromatic rings. The summed E-state index contributed by atoms with van der Waals surface area (Å²) < 4.78 is 4.36. The molecule has 0 bridgehead atoms. The van der Waals surface area contributed by atoms with Crippen molar-refractivity contribution in [2.24, 2.45) is 0 Å². The van der Waals surface area contributed by atoms with Crippen LogP contribution in [0.3, 0.4) is 0 Å². The third-order valence-corrected chi connectivity index (χ3v) is 4.50. The molecule has 0 N–H and O–H groups in total. The lowest BCUT2D eigenvalue weighted by molar-refractivity contribution is 1.09. The number of fused-ring (bicyclic) bond motifs is 1. The fourth-order valence-corrected chi connectivity index (χ4v) is 3.69. The van der Waals surface area contributed by atoms with Gasteiger partial charge < -0.3 is 0 Å². The van der Waals surface area contributed by atoms with Gasteiger partial charge in [-0.1, -0.05) is 30.3 Å². The number of aryl methyl sites for hydroxylation is 2. The van der Waals surface area contributed by atoms with Crippen LogP contribution in [-0.4, -0.2) is 4.57 Å². The molecule has 0 saturated heterocycles. The number of para-hydroxylation sites is 2. The summed E-state index contributed by atoms with van der Waals surface area (Å²) in [5.41, 5.74) is 4.93. The summed E-state index contributed by atoms with van der Waals surface area (Å²) in [6.07, 6.45) is 0. The molecule has 0 radical (unpaired) electrons. The van der Waals surface area contributed by atoms with Crippen LogP contribution in [0.15, 0.2) is 42.5 Å². The second kappa shape index (κ2) is 4.34. The van der Waals surface area contributed by atoms with Gasteiger partial charge in [0.1, 0.15) is 0 Å². The summed E-state index contributed by atoms with van der Waals surface area (Å²) in [7, 11) is 0. The van der Waals surface area contributed by atoms with Crippen molar-refractivity contribution in [2.75, 3.05) is 0 Å². The molecule has 0 aliphatic carbocycles. The van der Waals surface area contributed by atoms with Gasteiger partial charge in [0, 0.05) is 0 Å². The van der Waals surface area contributed by atoms with Crippen LogP contribution in [0.1, 0.15) is 11.1 Å². The normalized spacial score (nSPS) is 11.0. The van der Waals surface area contributed by atoms with Crippen molar-refractivity contribution >= 4 is 33.8 Å². The molecule has 0 amide bonds. The van der Waals surface area contributed by atoms with E-state index in [9.17, 15) is 0 Å². The molecule has 0 fully saturated rings. The zero-order valence-corrected chi connectivity index (χ0v) is 11.9. The smallest absolute Gasteiger partial charge is 0.166 e. The highest BCUT2D eigenvalue weighted by molar-refractivity contribution is 7.73. The first-order chi connectivity index (χ1) is 8.68. The maximum Gasteiger partial charge on any atom is 0.166 e. The van der Waals surface area contributed by atoms with Crippen molar-refractivity contribution < 1.29 is 0 Å². The number of hydrogen-bond acceptors (Lipinski definition) is 2. The number of nitrogens with zero attached hydrogens (tertiary/aromatic N) is 1. The minimum absolute atomic E-state index is 0.911. The van der Waals surface area contributed by atoms with E-state index in [-0.39, 0.29) is 0 Å². The van der Waals surface area contributed by atoms with Gasteiger partial charge in [0.2, 0.25) is 0 Å². The largest absolute Gasteiger partial charge is 0.291 e. The van der Waals surface area contributed by atoms with Crippen LogP contribution in [-0.2, 0) is 0 Å². The van der Waals surface area contributed by atoms with Gasteiger partial charge in [-0.25, -0.2) is 0 Å². The Hall–Kier alpha value is -1.45. The Morgan fingerprint density at radius 1 is 0.944 bits per heavy atom. The second-order valence-electron chi connectivity index (χ2n) is 4.41. The molecule has 0 unspecified atom stereocenters. The van der Waals surface area contributed by atoms with E-state index < -0.39 is 0 Å². The second-order valence-corrected chi connectivity index (χ2v) is 6.09. The summed E-state index contributed by atoms with van der Waals surface area (Å²) in [6, 6.07) is 14.7. The minimum Gasteiger partial charge on any atom is -0.291 e. The van der Waals surface area contributed by atoms with E-state index in [2.05, 4.69) is 60.9 Å². The number of thiazole rings is 1. The van der Waals surface area contributed by atoms with Gasteiger partial charge in [-0.3, -0.25) is 4.57 Å². The number of rotatable bonds is 1. The SMILES string of the molecule is Cc1ccccc1-n1c(=S)sc2cccc(C)c21. The summed E-state index contributed by atoms with van der Waals surface area (Å²) in [4.78, 5) is 0. The third kappa shape index (κ3) is 1.71. The third-order valence-electron chi connectivity index (χ3n) is 3.16. The average molecular weight is 271 g/mol. The first-order valence-electron chi connectivity index (χ1n) is 5.85. The monoisotopic (exact) mass is 271 g/mol. The first kappa shape index (κ1) is 11.6. The van der Waals surface area contributed by atoms with Gasteiger partial charge in [0.15, 0.2) is 3.95 Å². The molecule has 1 aromatic heterocycles. The molecule has 90 valence electrons. The molecule has 0 saturated carbocycles. The van der Waals surface area contributed by atoms with E-state index in [1.54, 1.807) is 11.3 Å². The van der Waals surface area contributed by atoms with Crippen molar-refractivity contribution in [1.82, 2.24) is 4.57 Å². The Labute approximate surface area is 115 Å². The van der Waals surface area contributed by atoms with E-state index >= 15 is 0 Å². The van der Waals surface area contributed by atoms with Crippen molar-refractivity contribution in [3.05, 3.63) is 57.5 Å². The Kier molecular flexibility index (Phi) is 2.80. The zero-order chi connectivity index (χ0) is 12.7. The fourth-order valence-electron chi connectivity index (χ4n) is 2.27. The molecular formula is C15H13NS2. The van der Waals surface area contributed by atoms with Gasteiger partial charge in [0.25, 0.3) is 0 Å². The zero-order valence-electron chi connectivity index (χ0n) is 10.3. The molecule has 0 aliphatic rings. The molecule has 3 rings (SSSR count). The molecule has 0 atom stereocenters. The highest BCUT2D eigenvalue weighted by Gasteiger charge is 2.10. The van der Waals surface area contributed by atoms with Crippen LogP contribution in [0.25, 0.3) is 15.9 Å². The van der Waals surface area contributed by atoms with Crippen molar-refractivity contribution in [3.63, 3.8) is 0 Å². The maximum atomic E-state index is 5.54. The molecular weight excluding hydrogens is 258 g/mol. The van der Waals surface area contributed by atoms with E-state index in [1.807, 2.05) is 0 Å². The molecule has 18 heavy (non-hydrogen) atoms. The van der Waals surface area contributed by atoms with Crippen molar-refractivity contribution in [1.29, 1.82) is 0 Å². The molecule has 0 spiro atoms. The fraction of sp³-hybridized carbons (Fsp3) is 0.133.